The highest BCUT2D eigenvalue weighted by molar-refractivity contribution is 7.89. The summed E-state index contributed by atoms with van der Waals surface area (Å²) in [5.41, 5.74) is 8.76. The summed E-state index contributed by atoms with van der Waals surface area (Å²) in [6, 6.07) is 4.75. The van der Waals surface area contributed by atoms with Crippen LogP contribution < -0.4 is 15.8 Å². The van der Waals surface area contributed by atoms with Crippen molar-refractivity contribution in [3.05, 3.63) is 35.7 Å². The summed E-state index contributed by atoms with van der Waals surface area (Å²) in [5, 5.41) is 9.95. The molecule has 0 saturated carbocycles. The molecule has 5 N–H and O–H groups in total. The number of hydrogen-bond acceptors (Lipinski definition) is 5. The molecule has 7 nitrogen and oxygen atoms in total. The fraction of sp³-hybridized carbons (Fsp3) is 0.250. The Balaban J connectivity index is 2.16. The Morgan fingerprint density at radius 1 is 1.40 bits per heavy atom. The summed E-state index contributed by atoms with van der Waals surface area (Å²) in [7, 11) is -2.18. The third-order valence-corrected chi connectivity index (χ3v) is 4.47. The van der Waals surface area contributed by atoms with Gasteiger partial charge in [0.15, 0.2) is 0 Å². The van der Waals surface area contributed by atoms with Gasteiger partial charge in [-0.3, -0.25) is 5.10 Å². The summed E-state index contributed by atoms with van der Waals surface area (Å²) < 4.78 is 25.6. The molecule has 0 aliphatic heterocycles. The Morgan fingerprint density at radius 3 is 2.70 bits per heavy atom. The van der Waals surface area contributed by atoms with Gasteiger partial charge in [0.25, 0.3) is 0 Å². The Kier molecular flexibility index (Phi) is 3.96. The Labute approximate surface area is 117 Å². The summed E-state index contributed by atoms with van der Waals surface area (Å²) >= 11 is 0. The molecular weight excluding hydrogens is 278 g/mol. The molecule has 1 aromatic heterocycles. The van der Waals surface area contributed by atoms with E-state index >= 15 is 0 Å². The highest BCUT2D eigenvalue weighted by atomic mass is 32.2. The zero-order chi connectivity index (χ0) is 14.8. The van der Waals surface area contributed by atoms with Crippen LogP contribution in [0.3, 0.4) is 0 Å². The number of aromatic nitrogens is 2. The van der Waals surface area contributed by atoms with Crippen molar-refractivity contribution in [2.75, 3.05) is 18.1 Å². The van der Waals surface area contributed by atoms with E-state index in [1.807, 2.05) is 6.92 Å². The molecule has 2 aromatic rings. The van der Waals surface area contributed by atoms with E-state index in [4.69, 9.17) is 5.73 Å². The average molecular weight is 295 g/mol. The van der Waals surface area contributed by atoms with Crippen LogP contribution in [0.4, 0.5) is 11.4 Å². The van der Waals surface area contributed by atoms with E-state index in [1.165, 1.54) is 13.1 Å². The van der Waals surface area contributed by atoms with Crippen molar-refractivity contribution in [1.29, 1.82) is 0 Å². The van der Waals surface area contributed by atoms with Crippen LogP contribution in [0.1, 0.15) is 11.3 Å². The highest BCUT2D eigenvalue weighted by Gasteiger charge is 2.15. The smallest absolute Gasteiger partial charge is 0.242 e. The molecule has 8 heteroatoms. The van der Waals surface area contributed by atoms with Gasteiger partial charge >= 0.3 is 0 Å². The largest absolute Gasteiger partial charge is 0.398 e. The van der Waals surface area contributed by atoms with Crippen molar-refractivity contribution in [3.63, 3.8) is 0 Å². The molecule has 0 atom stereocenters. The molecule has 108 valence electrons. The third-order valence-electron chi connectivity index (χ3n) is 2.99. The minimum atomic E-state index is -3.53. The zero-order valence-electron chi connectivity index (χ0n) is 11.3. The lowest BCUT2D eigenvalue weighted by Crippen LogP contribution is -2.20. The first-order chi connectivity index (χ1) is 9.44. The molecule has 0 fully saturated rings. The number of anilines is 2. The maximum absolute atomic E-state index is 11.7. The van der Waals surface area contributed by atoms with Crippen LogP contribution >= 0.6 is 0 Å². The molecule has 20 heavy (non-hydrogen) atoms. The monoisotopic (exact) mass is 295 g/mol. The zero-order valence-corrected chi connectivity index (χ0v) is 12.1. The van der Waals surface area contributed by atoms with Crippen molar-refractivity contribution in [2.45, 2.75) is 18.4 Å². The summed E-state index contributed by atoms with van der Waals surface area (Å²) in [6.45, 7) is 2.51. The summed E-state index contributed by atoms with van der Waals surface area (Å²) in [5.74, 6) is 0. The number of hydrogen-bond donors (Lipinski definition) is 4. The lowest BCUT2D eigenvalue weighted by Gasteiger charge is -2.10. The first-order valence-electron chi connectivity index (χ1n) is 6.00. The number of rotatable bonds is 5. The predicted molar refractivity (Wildman–Crippen MR) is 77.8 cm³/mol. The molecule has 0 radical (unpaired) electrons. The number of benzene rings is 1. The van der Waals surface area contributed by atoms with Gasteiger partial charge in [0.2, 0.25) is 10.0 Å². The van der Waals surface area contributed by atoms with Crippen LogP contribution in [0.5, 0.6) is 0 Å². The standard InChI is InChI=1S/C12H17N5O2S/c1-8-9(7-16-17-8)6-15-10-3-4-12(11(13)5-10)20(18,19)14-2/h3-5,7,14-15H,6,13H2,1-2H3,(H,16,17). The number of sulfonamides is 1. The van der Waals surface area contributed by atoms with Crippen LogP contribution in [0.2, 0.25) is 0 Å². The van der Waals surface area contributed by atoms with Crippen LogP contribution in [0.25, 0.3) is 0 Å². The highest BCUT2D eigenvalue weighted by Crippen LogP contribution is 2.22. The quantitative estimate of drug-likeness (QED) is 0.610. The number of nitrogens with two attached hydrogens (primary N) is 1. The van der Waals surface area contributed by atoms with E-state index in [9.17, 15) is 8.42 Å². The lowest BCUT2D eigenvalue weighted by molar-refractivity contribution is 0.588. The van der Waals surface area contributed by atoms with Gasteiger partial charge in [0.1, 0.15) is 4.90 Å². The Hall–Kier alpha value is -2.06. The second-order valence-electron chi connectivity index (χ2n) is 4.33. The molecule has 1 heterocycles. The van der Waals surface area contributed by atoms with Gasteiger partial charge < -0.3 is 11.1 Å². The van der Waals surface area contributed by atoms with E-state index in [0.717, 1.165) is 16.9 Å². The second kappa shape index (κ2) is 5.51. The molecule has 2 rings (SSSR count). The molecule has 0 amide bonds. The molecule has 0 spiro atoms. The van der Waals surface area contributed by atoms with Gasteiger partial charge in [-0.1, -0.05) is 0 Å². The van der Waals surface area contributed by atoms with E-state index in [1.54, 1.807) is 18.3 Å². The number of aryl methyl sites for hydroxylation is 1. The first-order valence-corrected chi connectivity index (χ1v) is 7.48. The fourth-order valence-electron chi connectivity index (χ4n) is 1.76. The number of nitrogens with one attached hydrogen (secondary N) is 3. The van der Waals surface area contributed by atoms with Gasteiger partial charge in [0, 0.05) is 23.5 Å². The average Bonchev–Trinajstić information content (AvgIpc) is 2.81. The SMILES string of the molecule is CNS(=O)(=O)c1ccc(NCc2cn[nH]c2C)cc1N. The van der Waals surface area contributed by atoms with Crippen molar-refractivity contribution in [2.24, 2.45) is 0 Å². The van der Waals surface area contributed by atoms with Crippen LogP contribution in [0.15, 0.2) is 29.3 Å². The van der Waals surface area contributed by atoms with E-state index in [2.05, 4.69) is 20.2 Å². The minimum absolute atomic E-state index is 0.0741. The third kappa shape index (κ3) is 2.91. The van der Waals surface area contributed by atoms with Gasteiger partial charge in [0.05, 0.1) is 11.9 Å². The Bertz CT molecular complexity index is 708. The number of nitrogens with zero attached hydrogens (tertiary/aromatic N) is 1. The molecule has 0 bridgehead atoms. The van der Waals surface area contributed by atoms with E-state index in [-0.39, 0.29) is 10.6 Å². The number of aromatic amines is 1. The molecular formula is C12H17N5O2S. The second-order valence-corrected chi connectivity index (χ2v) is 6.19. The molecule has 0 aliphatic rings. The predicted octanol–water partition coefficient (Wildman–Crippen LogP) is 0.821. The van der Waals surface area contributed by atoms with Crippen LogP contribution in [0, 0.1) is 6.92 Å². The van der Waals surface area contributed by atoms with Gasteiger partial charge in [-0.05, 0) is 32.2 Å². The fourth-order valence-corrected chi connectivity index (χ4v) is 2.60. The normalized spacial score (nSPS) is 11.5. The summed E-state index contributed by atoms with van der Waals surface area (Å²) in [6.07, 6.45) is 1.74. The molecule has 0 aliphatic carbocycles. The first kappa shape index (κ1) is 14.4. The van der Waals surface area contributed by atoms with Crippen molar-refractivity contribution in [1.82, 2.24) is 14.9 Å². The number of nitrogen functional groups attached to an aromatic ring is 1. The topological polar surface area (TPSA) is 113 Å². The van der Waals surface area contributed by atoms with Gasteiger partial charge in [-0.15, -0.1) is 0 Å². The lowest BCUT2D eigenvalue weighted by atomic mass is 10.2. The number of H-pyrrole nitrogens is 1. The van der Waals surface area contributed by atoms with E-state index < -0.39 is 10.0 Å². The van der Waals surface area contributed by atoms with Crippen LogP contribution in [-0.2, 0) is 16.6 Å². The van der Waals surface area contributed by atoms with E-state index in [0.29, 0.717) is 6.54 Å². The maximum atomic E-state index is 11.7. The van der Waals surface area contributed by atoms with Gasteiger partial charge in [-0.2, -0.15) is 5.10 Å². The van der Waals surface area contributed by atoms with Gasteiger partial charge in [-0.25, -0.2) is 13.1 Å². The maximum Gasteiger partial charge on any atom is 0.242 e. The van der Waals surface area contributed by atoms with Crippen molar-refractivity contribution < 1.29 is 8.42 Å². The molecule has 0 saturated heterocycles. The molecule has 1 aromatic carbocycles. The van der Waals surface area contributed by atoms with Crippen molar-refractivity contribution >= 4 is 21.4 Å². The van der Waals surface area contributed by atoms with Crippen LogP contribution in [-0.4, -0.2) is 25.7 Å². The molecule has 0 unspecified atom stereocenters. The van der Waals surface area contributed by atoms with Crippen molar-refractivity contribution in [3.8, 4) is 0 Å². The Morgan fingerprint density at radius 2 is 2.15 bits per heavy atom. The minimum Gasteiger partial charge on any atom is -0.398 e. The summed E-state index contributed by atoms with van der Waals surface area (Å²) in [4.78, 5) is 0.0741.